The number of nitrogens with one attached hydrogen (secondary N) is 1. The highest BCUT2D eigenvalue weighted by Gasteiger charge is 2.23. The van der Waals surface area contributed by atoms with Crippen LogP contribution in [0, 0.1) is 0 Å². The summed E-state index contributed by atoms with van der Waals surface area (Å²) in [6.45, 7) is 4.53. The Morgan fingerprint density at radius 2 is 1.16 bits per heavy atom. The van der Waals surface area contributed by atoms with Crippen molar-refractivity contribution in [2.45, 2.75) is 167 Å². The molecule has 0 aromatic carbocycles. The maximum atomic E-state index is 12.7. The van der Waals surface area contributed by atoms with Crippen molar-refractivity contribution >= 4 is 13.7 Å². The molecule has 0 rings (SSSR count). The molecule has 50 heavy (non-hydrogen) atoms. The summed E-state index contributed by atoms with van der Waals surface area (Å²) < 4.78 is 23.0. The lowest BCUT2D eigenvalue weighted by atomic mass is 10.1. The second-order valence-electron chi connectivity index (χ2n) is 14.6. The molecule has 0 fully saturated rings. The van der Waals surface area contributed by atoms with Gasteiger partial charge in [-0.3, -0.25) is 9.36 Å². The highest BCUT2D eigenvalue weighted by molar-refractivity contribution is 7.45. The van der Waals surface area contributed by atoms with Gasteiger partial charge in [-0.2, -0.15) is 0 Å². The molecule has 8 nitrogen and oxygen atoms in total. The number of unbranched alkanes of at least 4 members (excludes halogenated alkanes) is 16. The Morgan fingerprint density at radius 1 is 0.700 bits per heavy atom. The summed E-state index contributed by atoms with van der Waals surface area (Å²) in [6.07, 6.45) is 40.3. The van der Waals surface area contributed by atoms with Crippen LogP contribution in [-0.2, 0) is 18.4 Å². The monoisotopic (exact) mass is 725 g/mol. The maximum Gasteiger partial charge on any atom is 0.268 e. The molecule has 0 radical (unpaired) electrons. The number of carbonyl (C=O) groups is 1. The number of hydrogen-bond donors (Lipinski definition) is 2. The molecule has 0 aliphatic heterocycles. The van der Waals surface area contributed by atoms with Gasteiger partial charge in [0.2, 0.25) is 5.91 Å². The van der Waals surface area contributed by atoms with Gasteiger partial charge in [-0.15, -0.1) is 0 Å². The molecule has 0 aliphatic carbocycles. The van der Waals surface area contributed by atoms with E-state index in [-0.39, 0.29) is 19.1 Å². The summed E-state index contributed by atoms with van der Waals surface area (Å²) in [5.74, 6) is -0.217. The number of aliphatic hydroxyl groups excluding tert-OH is 1. The van der Waals surface area contributed by atoms with Gasteiger partial charge in [0.05, 0.1) is 39.9 Å². The van der Waals surface area contributed by atoms with Crippen LogP contribution in [0.2, 0.25) is 0 Å². The first-order valence-corrected chi connectivity index (χ1v) is 21.5. The van der Waals surface area contributed by atoms with Gasteiger partial charge >= 0.3 is 0 Å². The Morgan fingerprint density at radius 3 is 1.68 bits per heavy atom. The third kappa shape index (κ3) is 34.9. The maximum absolute atomic E-state index is 12.7. The largest absolute Gasteiger partial charge is 0.756 e. The zero-order valence-corrected chi connectivity index (χ0v) is 33.7. The second-order valence-corrected chi connectivity index (χ2v) is 16.0. The zero-order valence-electron chi connectivity index (χ0n) is 32.8. The molecular weight excluding hydrogens is 647 g/mol. The van der Waals surface area contributed by atoms with E-state index in [0.29, 0.717) is 17.4 Å². The predicted octanol–water partition coefficient (Wildman–Crippen LogP) is 9.89. The van der Waals surface area contributed by atoms with Gasteiger partial charge in [-0.25, -0.2) is 0 Å². The van der Waals surface area contributed by atoms with Gasteiger partial charge < -0.3 is 28.8 Å². The number of likely N-dealkylation sites (N-methyl/N-ethyl adjacent to an activating group) is 1. The standard InChI is InChI=1S/C41H77N2O6P/c1-6-8-10-12-14-15-16-17-18-19-20-21-22-23-24-25-26-27-29-31-33-35-41(45)42-39(40(44)34-32-30-28-13-11-9-7-2)38-49-50(46,47)48-37-36-43(3,4)5/h16-17,19-20,22-23,32,34,39-40,44H,6-15,18,21,24-31,33,35-38H2,1-5H3,(H-,42,45,46,47)/b17-16-,20-19-,23-22-,34-32+. The van der Waals surface area contributed by atoms with Gasteiger partial charge in [-0.05, 0) is 57.8 Å². The number of aliphatic hydroxyl groups is 1. The molecule has 1 amide bonds. The van der Waals surface area contributed by atoms with Crippen LogP contribution in [0.1, 0.15) is 155 Å². The smallest absolute Gasteiger partial charge is 0.268 e. The molecule has 0 aliphatic rings. The van der Waals surface area contributed by atoms with Crippen molar-refractivity contribution < 1.29 is 32.9 Å². The fourth-order valence-corrected chi connectivity index (χ4v) is 6.00. The van der Waals surface area contributed by atoms with Crippen LogP contribution >= 0.6 is 7.82 Å². The van der Waals surface area contributed by atoms with Crippen molar-refractivity contribution in [3.63, 3.8) is 0 Å². The molecule has 292 valence electrons. The Labute approximate surface area is 308 Å². The molecule has 0 bridgehead atoms. The van der Waals surface area contributed by atoms with Gasteiger partial charge in [0, 0.05) is 6.42 Å². The van der Waals surface area contributed by atoms with Gasteiger partial charge in [0.1, 0.15) is 13.2 Å². The molecule has 2 N–H and O–H groups in total. The Bertz CT molecular complexity index is 959. The number of nitrogens with zero attached hydrogens (tertiary/aromatic N) is 1. The summed E-state index contributed by atoms with van der Waals surface area (Å²) in [5.41, 5.74) is 0. The molecule has 0 saturated carbocycles. The molecule has 9 heteroatoms. The van der Waals surface area contributed by atoms with Crippen LogP contribution in [0.15, 0.2) is 48.6 Å². The first kappa shape index (κ1) is 48.5. The molecule has 0 spiro atoms. The van der Waals surface area contributed by atoms with Crippen LogP contribution in [-0.4, -0.2) is 68.5 Å². The first-order valence-electron chi connectivity index (χ1n) is 20.0. The lowest BCUT2D eigenvalue weighted by Crippen LogP contribution is -2.45. The molecule has 3 atom stereocenters. The van der Waals surface area contributed by atoms with Crippen LogP contribution < -0.4 is 10.2 Å². The minimum absolute atomic E-state index is 0.00621. The third-order valence-corrected chi connectivity index (χ3v) is 9.50. The SMILES string of the molecule is CCCCCCC/C=C\C/C=C\C/C=C\CCCCCCCCC(=O)NC(COP(=O)([O-])OCC[N+](C)(C)C)C(O)/C=C/CCCCCCC. The zero-order chi connectivity index (χ0) is 37.2. The van der Waals surface area contributed by atoms with E-state index in [1.165, 1.54) is 70.6 Å². The average molecular weight is 725 g/mol. The fraction of sp³-hybridized carbons (Fsp3) is 0.780. The molecule has 0 aromatic rings. The third-order valence-electron chi connectivity index (χ3n) is 8.53. The molecule has 3 unspecified atom stereocenters. The summed E-state index contributed by atoms with van der Waals surface area (Å²) in [6, 6.07) is -0.890. The first-order chi connectivity index (χ1) is 24.0. The normalized spacial score (nSPS) is 15.1. The van der Waals surface area contributed by atoms with E-state index < -0.39 is 20.0 Å². The Kier molecular flexibility index (Phi) is 32.3. The molecular formula is C41H77N2O6P. The quantitative estimate of drug-likeness (QED) is 0.0292. The number of rotatable bonds is 35. The number of allylic oxidation sites excluding steroid dienone is 7. The molecule has 0 aromatic heterocycles. The number of hydrogen-bond acceptors (Lipinski definition) is 6. The lowest BCUT2D eigenvalue weighted by molar-refractivity contribution is -0.870. The predicted molar refractivity (Wildman–Crippen MR) is 210 cm³/mol. The van der Waals surface area contributed by atoms with Crippen molar-refractivity contribution in [3.05, 3.63) is 48.6 Å². The number of phosphoric acid groups is 1. The van der Waals surface area contributed by atoms with E-state index in [0.717, 1.165) is 64.2 Å². The van der Waals surface area contributed by atoms with Crippen LogP contribution in [0.5, 0.6) is 0 Å². The van der Waals surface area contributed by atoms with Crippen molar-refractivity contribution in [1.82, 2.24) is 5.32 Å². The van der Waals surface area contributed by atoms with Gasteiger partial charge in [0.15, 0.2) is 0 Å². The van der Waals surface area contributed by atoms with E-state index in [9.17, 15) is 19.4 Å². The number of phosphoric ester groups is 1. The topological polar surface area (TPSA) is 108 Å². The minimum atomic E-state index is -4.58. The van der Waals surface area contributed by atoms with Crippen LogP contribution in [0.4, 0.5) is 0 Å². The van der Waals surface area contributed by atoms with Crippen molar-refractivity contribution in [2.75, 3.05) is 40.9 Å². The fourth-order valence-electron chi connectivity index (χ4n) is 5.27. The van der Waals surface area contributed by atoms with E-state index in [2.05, 4.69) is 55.6 Å². The van der Waals surface area contributed by atoms with E-state index in [1.54, 1.807) is 6.08 Å². The van der Waals surface area contributed by atoms with Crippen molar-refractivity contribution in [2.24, 2.45) is 0 Å². The van der Waals surface area contributed by atoms with Crippen LogP contribution in [0.25, 0.3) is 0 Å². The number of carbonyl (C=O) groups excluding carboxylic acids is 1. The summed E-state index contributed by atoms with van der Waals surface area (Å²) in [7, 11) is 1.24. The van der Waals surface area contributed by atoms with E-state index in [4.69, 9.17) is 9.05 Å². The highest BCUT2D eigenvalue weighted by atomic mass is 31.2. The molecule has 0 saturated heterocycles. The van der Waals surface area contributed by atoms with E-state index in [1.807, 2.05) is 27.2 Å². The Balaban J connectivity index is 4.32. The summed E-state index contributed by atoms with van der Waals surface area (Å²) in [5, 5.41) is 13.6. The van der Waals surface area contributed by atoms with E-state index >= 15 is 0 Å². The summed E-state index contributed by atoms with van der Waals surface area (Å²) >= 11 is 0. The second kappa shape index (κ2) is 33.3. The highest BCUT2D eigenvalue weighted by Crippen LogP contribution is 2.38. The van der Waals surface area contributed by atoms with Crippen molar-refractivity contribution in [3.8, 4) is 0 Å². The minimum Gasteiger partial charge on any atom is -0.756 e. The number of quaternary nitrogens is 1. The summed E-state index contributed by atoms with van der Waals surface area (Å²) in [4.78, 5) is 25.1. The number of amides is 1. The van der Waals surface area contributed by atoms with Crippen molar-refractivity contribution in [1.29, 1.82) is 0 Å². The Hall–Kier alpha value is -1.54. The van der Waals surface area contributed by atoms with Gasteiger partial charge in [0.25, 0.3) is 7.82 Å². The van der Waals surface area contributed by atoms with Gasteiger partial charge in [-0.1, -0.05) is 140 Å². The lowest BCUT2D eigenvalue weighted by Gasteiger charge is -2.29. The van der Waals surface area contributed by atoms with Crippen LogP contribution in [0.3, 0.4) is 0 Å². The molecule has 0 heterocycles. The average Bonchev–Trinajstić information content (AvgIpc) is 3.06.